The third-order valence-electron chi connectivity index (χ3n) is 6.82. The Morgan fingerprint density at radius 3 is 2.53 bits per heavy atom. The molecule has 0 bridgehead atoms. The maximum atomic E-state index is 13.3. The summed E-state index contributed by atoms with van der Waals surface area (Å²) in [4.78, 5) is 20.3. The van der Waals surface area contributed by atoms with Crippen LogP contribution < -0.4 is 15.0 Å². The molecule has 38 heavy (non-hydrogen) atoms. The number of carbonyl (C=O) groups is 1. The van der Waals surface area contributed by atoms with Gasteiger partial charge >= 0.3 is 12.3 Å². The Morgan fingerprint density at radius 1 is 1.13 bits per heavy atom. The monoisotopic (exact) mass is 531 g/mol. The summed E-state index contributed by atoms with van der Waals surface area (Å²) in [6, 6.07) is 7.31. The van der Waals surface area contributed by atoms with Gasteiger partial charge in [0.25, 0.3) is 0 Å². The molecule has 2 fully saturated rings. The lowest BCUT2D eigenvalue weighted by atomic mass is 9.92. The van der Waals surface area contributed by atoms with Crippen molar-refractivity contribution in [2.24, 2.45) is 0 Å². The second kappa shape index (κ2) is 12.2. The zero-order valence-electron chi connectivity index (χ0n) is 21.3. The Morgan fingerprint density at radius 2 is 1.87 bits per heavy atom. The van der Waals surface area contributed by atoms with Gasteiger partial charge in [0.2, 0.25) is 0 Å². The van der Waals surface area contributed by atoms with E-state index < -0.39 is 11.7 Å². The predicted octanol–water partition coefficient (Wildman–Crippen LogP) is 5.44. The van der Waals surface area contributed by atoms with Gasteiger partial charge in [0, 0.05) is 44.0 Å². The molecule has 2 aliphatic rings. The number of benzene rings is 1. The van der Waals surface area contributed by atoms with E-state index in [1.54, 1.807) is 23.4 Å². The average Bonchev–Trinajstić information content (AvgIpc) is 2.92. The van der Waals surface area contributed by atoms with E-state index in [2.05, 4.69) is 15.2 Å². The molecule has 2 aromatic rings. The van der Waals surface area contributed by atoms with Gasteiger partial charge in [-0.25, -0.2) is 4.79 Å². The first-order chi connectivity index (χ1) is 18.3. The normalized spacial score (nSPS) is 20.0. The minimum Gasteiger partial charge on any atom is -0.489 e. The number of hydrogen-bond acceptors (Lipinski definition) is 7. The highest BCUT2D eigenvalue weighted by Crippen LogP contribution is 2.34. The SMILES string of the molecule is CCCOC(=O)N1CCN(c2cncc(O[C@H]3CC[C@H](Nc4ccc(C#N)c(C(F)(F)F)c4)CC3)c2)CC1. The molecule has 1 aromatic carbocycles. The van der Waals surface area contributed by atoms with Crippen LogP contribution in [0.1, 0.15) is 50.2 Å². The number of carbonyl (C=O) groups excluding carboxylic acids is 1. The molecule has 2 heterocycles. The molecule has 4 rings (SSSR count). The highest BCUT2D eigenvalue weighted by molar-refractivity contribution is 5.68. The van der Waals surface area contributed by atoms with Crippen molar-refractivity contribution in [3.8, 4) is 11.8 Å². The maximum absolute atomic E-state index is 13.3. The molecule has 1 saturated heterocycles. The molecule has 1 amide bonds. The van der Waals surface area contributed by atoms with Crippen LogP contribution in [0.3, 0.4) is 0 Å². The summed E-state index contributed by atoms with van der Waals surface area (Å²) in [5, 5.41) is 12.2. The van der Waals surface area contributed by atoms with Crippen LogP contribution in [-0.4, -0.2) is 60.9 Å². The summed E-state index contributed by atoms with van der Waals surface area (Å²) in [5.41, 5.74) is -0.0170. The Bertz CT molecular complexity index is 1140. The van der Waals surface area contributed by atoms with Gasteiger partial charge in [0.1, 0.15) is 5.75 Å². The van der Waals surface area contributed by atoms with Crippen LogP contribution in [0.25, 0.3) is 0 Å². The van der Waals surface area contributed by atoms with Gasteiger partial charge in [-0.1, -0.05) is 6.92 Å². The molecule has 0 radical (unpaired) electrons. The number of nitrogens with one attached hydrogen (secondary N) is 1. The third-order valence-corrected chi connectivity index (χ3v) is 6.82. The van der Waals surface area contributed by atoms with E-state index in [0.29, 0.717) is 44.2 Å². The molecule has 1 N–H and O–H groups in total. The summed E-state index contributed by atoms with van der Waals surface area (Å²) < 4.78 is 51.2. The molecular weight excluding hydrogens is 499 g/mol. The van der Waals surface area contributed by atoms with E-state index >= 15 is 0 Å². The second-order valence-electron chi connectivity index (χ2n) is 9.57. The number of piperazine rings is 1. The predicted molar refractivity (Wildman–Crippen MR) is 136 cm³/mol. The second-order valence-corrected chi connectivity index (χ2v) is 9.57. The highest BCUT2D eigenvalue weighted by Gasteiger charge is 2.34. The van der Waals surface area contributed by atoms with Gasteiger partial charge in [0.15, 0.2) is 0 Å². The van der Waals surface area contributed by atoms with Gasteiger partial charge in [0.05, 0.1) is 48.0 Å². The zero-order valence-corrected chi connectivity index (χ0v) is 21.3. The number of hydrogen-bond donors (Lipinski definition) is 1. The molecule has 0 unspecified atom stereocenters. The molecule has 204 valence electrons. The summed E-state index contributed by atoms with van der Waals surface area (Å²) >= 11 is 0. The first kappa shape index (κ1) is 27.4. The first-order valence-corrected chi connectivity index (χ1v) is 12.9. The molecule has 1 aromatic heterocycles. The molecule has 1 aliphatic heterocycles. The van der Waals surface area contributed by atoms with Crippen molar-refractivity contribution in [2.45, 2.75) is 57.3 Å². The number of halogens is 3. The Balaban J connectivity index is 1.27. The standard InChI is InChI=1S/C27H32F3N5O3/c1-2-13-37-26(36)35-11-9-34(10-12-35)22-15-24(18-32-17-22)38-23-7-5-20(6-8-23)33-21-4-3-19(16-31)25(14-21)27(28,29)30/h3-4,14-15,17-18,20,23,33H,2,5-13H2,1H3/t20-,23-. The van der Waals surface area contributed by atoms with Crippen molar-refractivity contribution in [3.05, 3.63) is 47.8 Å². The number of nitriles is 1. The summed E-state index contributed by atoms with van der Waals surface area (Å²) in [7, 11) is 0. The van der Waals surface area contributed by atoms with Crippen LogP contribution >= 0.6 is 0 Å². The van der Waals surface area contributed by atoms with Gasteiger partial charge in [-0.05, 0) is 50.3 Å². The van der Waals surface area contributed by atoms with Crippen molar-refractivity contribution in [3.63, 3.8) is 0 Å². The molecule has 1 saturated carbocycles. The quantitative estimate of drug-likeness (QED) is 0.509. The third kappa shape index (κ3) is 7.00. The molecule has 8 nitrogen and oxygen atoms in total. The van der Waals surface area contributed by atoms with Gasteiger partial charge in [-0.2, -0.15) is 18.4 Å². The average molecular weight is 532 g/mol. The minimum atomic E-state index is -4.58. The number of alkyl halides is 3. The van der Waals surface area contributed by atoms with E-state index in [4.69, 9.17) is 14.7 Å². The number of rotatable bonds is 7. The lowest BCUT2D eigenvalue weighted by Gasteiger charge is -2.35. The summed E-state index contributed by atoms with van der Waals surface area (Å²) in [5.74, 6) is 0.672. The van der Waals surface area contributed by atoms with Crippen LogP contribution in [0, 0.1) is 11.3 Å². The number of ether oxygens (including phenoxy) is 2. The van der Waals surface area contributed by atoms with Crippen LogP contribution in [0.4, 0.5) is 29.3 Å². The van der Waals surface area contributed by atoms with Crippen molar-refractivity contribution < 1.29 is 27.4 Å². The number of amides is 1. The first-order valence-electron chi connectivity index (χ1n) is 12.9. The van der Waals surface area contributed by atoms with Crippen molar-refractivity contribution in [1.29, 1.82) is 5.26 Å². The van der Waals surface area contributed by atoms with E-state index in [1.165, 1.54) is 12.1 Å². The van der Waals surface area contributed by atoms with Crippen molar-refractivity contribution >= 4 is 17.5 Å². The number of aromatic nitrogens is 1. The number of pyridine rings is 1. The van der Waals surface area contributed by atoms with Crippen LogP contribution in [0.15, 0.2) is 36.7 Å². The van der Waals surface area contributed by atoms with Crippen LogP contribution in [0.5, 0.6) is 5.75 Å². The van der Waals surface area contributed by atoms with E-state index in [1.807, 2.05) is 13.0 Å². The van der Waals surface area contributed by atoms with Crippen molar-refractivity contribution in [2.75, 3.05) is 43.0 Å². The fourth-order valence-corrected chi connectivity index (χ4v) is 4.79. The Kier molecular flexibility index (Phi) is 8.81. The van der Waals surface area contributed by atoms with Gasteiger partial charge in [-0.15, -0.1) is 0 Å². The van der Waals surface area contributed by atoms with E-state index in [0.717, 1.165) is 43.9 Å². The molecule has 1 aliphatic carbocycles. The van der Waals surface area contributed by atoms with Gasteiger partial charge in [-0.3, -0.25) is 4.98 Å². The molecule has 0 atom stereocenters. The van der Waals surface area contributed by atoms with Crippen LogP contribution in [-0.2, 0) is 10.9 Å². The Hall–Kier alpha value is -3.68. The molecular formula is C27H32F3N5O3. The number of anilines is 2. The highest BCUT2D eigenvalue weighted by atomic mass is 19.4. The number of nitrogens with zero attached hydrogens (tertiary/aromatic N) is 4. The zero-order chi connectivity index (χ0) is 27.1. The van der Waals surface area contributed by atoms with E-state index in [9.17, 15) is 18.0 Å². The smallest absolute Gasteiger partial charge is 0.417 e. The Labute approximate surface area is 220 Å². The summed E-state index contributed by atoms with van der Waals surface area (Å²) in [6.45, 7) is 4.89. The molecule has 11 heteroatoms. The molecule has 0 spiro atoms. The van der Waals surface area contributed by atoms with E-state index in [-0.39, 0.29) is 23.8 Å². The topological polar surface area (TPSA) is 90.7 Å². The minimum absolute atomic E-state index is 0.0121. The fraction of sp³-hybridized carbons (Fsp3) is 0.519. The maximum Gasteiger partial charge on any atom is 0.417 e. The lowest BCUT2D eigenvalue weighted by Crippen LogP contribution is -2.49. The lowest BCUT2D eigenvalue weighted by molar-refractivity contribution is -0.137. The largest absolute Gasteiger partial charge is 0.489 e. The van der Waals surface area contributed by atoms with Crippen molar-refractivity contribution in [1.82, 2.24) is 9.88 Å². The van der Waals surface area contributed by atoms with Crippen LogP contribution in [0.2, 0.25) is 0 Å². The fourth-order valence-electron chi connectivity index (χ4n) is 4.79. The van der Waals surface area contributed by atoms with Gasteiger partial charge < -0.3 is 24.6 Å². The summed E-state index contributed by atoms with van der Waals surface area (Å²) in [6.07, 6.45) is 2.39.